The Morgan fingerprint density at radius 3 is 2.94 bits per heavy atom. The molecule has 1 amide bonds. The molecule has 0 radical (unpaired) electrons. The lowest BCUT2D eigenvalue weighted by Crippen LogP contribution is -2.39. The number of piperidine rings is 1. The number of amides is 1. The Balaban J connectivity index is 2.15. The average Bonchev–Trinajstić information content (AvgIpc) is 2.32. The van der Waals surface area contributed by atoms with Gasteiger partial charge in [-0.25, -0.2) is 4.39 Å². The molecule has 1 atom stereocenters. The van der Waals surface area contributed by atoms with E-state index in [0.717, 1.165) is 25.9 Å². The van der Waals surface area contributed by atoms with Crippen LogP contribution in [0.15, 0.2) is 18.2 Å². The van der Waals surface area contributed by atoms with Crippen LogP contribution in [0.1, 0.15) is 30.1 Å². The fourth-order valence-corrected chi connectivity index (χ4v) is 2.22. The standard InChI is InChI=1S/C13H17FN2O/c1-9-3-2-6-16(8-9)13(17)10-4-5-12(15)11(14)7-10/h4-5,7,9H,2-3,6,8,15H2,1H3. The first-order valence-electron chi connectivity index (χ1n) is 5.92. The number of carbonyl (C=O) groups is 1. The van der Waals surface area contributed by atoms with Crippen molar-refractivity contribution in [2.45, 2.75) is 19.8 Å². The van der Waals surface area contributed by atoms with Gasteiger partial charge in [0.1, 0.15) is 5.82 Å². The lowest BCUT2D eigenvalue weighted by Gasteiger charge is -2.31. The number of hydrogen-bond acceptors (Lipinski definition) is 2. The minimum Gasteiger partial charge on any atom is -0.396 e. The summed E-state index contributed by atoms with van der Waals surface area (Å²) in [7, 11) is 0. The second-order valence-electron chi connectivity index (χ2n) is 4.73. The Morgan fingerprint density at radius 2 is 2.29 bits per heavy atom. The van der Waals surface area contributed by atoms with E-state index < -0.39 is 5.82 Å². The molecule has 1 fully saturated rings. The van der Waals surface area contributed by atoms with Gasteiger partial charge in [-0.15, -0.1) is 0 Å². The molecule has 0 bridgehead atoms. The minimum atomic E-state index is -0.527. The maximum absolute atomic E-state index is 13.3. The number of nitrogen functional groups attached to an aromatic ring is 1. The van der Waals surface area contributed by atoms with Gasteiger partial charge in [-0.2, -0.15) is 0 Å². The summed E-state index contributed by atoms with van der Waals surface area (Å²) in [6.07, 6.45) is 2.17. The molecule has 0 aromatic heterocycles. The van der Waals surface area contributed by atoms with Crippen molar-refractivity contribution >= 4 is 11.6 Å². The van der Waals surface area contributed by atoms with Crippen LogP contribution >= 0.6 is 0 Å². The van der Waals surface area contributed by atoms with Crippen LogP contribution in [0.2, 0.25) is 0 Å². The number of anilines is 1. The summed E-state index contributed by atoms with van der Waals surface area (Å²) in [6, 6.07) is 4.24. The van der Waals surface area contributed by atoms with Gasteiger partial charge in [0.05, 0.1) is 5.69 Å². The summed E-state index contributed by atoms with van der Waals surface area (Å²) in [4.78, 5) is 13.9. The molecule has 0 aliphatic carbocycles. The Morgan fingerprint density at radius 1 is 1.53 bits per heavy atom. The zero-order chi connectivity index (χ0) is 12.4. The Labute approximate surface area is 100 Å². The monoisotopic (exact) mass is 236 g/mol. The van der Waals surface area contributed by atoms with E-state index in [9.17, 15) is 9.18 Å². The molecular weight excluding hydrogens is 219 g/mol. The van der Waals surface area contributed by atoms with Crippen molar-refractivity contribution < 1.29 is 9.18 Å². The van der Waals surface area contributed by atoms with Crippen molar-refractivity contribution in [1.29, 1.82) is 0 Å². The lowest BCUT2D eigenvalue weighted by molar-refractivity contribution is 0.0682. The molecule has 0 saturated carbocycles. The van der Waals surface area contributed by atoms with Crippen LogP contribution in [0.5, 0.6) is 0 Å². The summed E-state index contributed by atoms with van der Waals surface area (Å²) in [5.74, 6) is -0.109. The Bertz CT molecular complexity index is 433. The molecule has 2 N–H and O–H groups in total. The zero-order valence-electron chi connectivity index (χ0n) is 9.95. The van der Waals surface area contributed by atoms with Gasteiger partial charge in [0.25, 0.3) is 5.91 Å². The zero-order valence-corrected chi connectivity index (χ0v) is 9.95. The number of nitrogens with two attached hydrogens (primary N) is 1. The average molecular weight is 236 g/mol. The molecule has 1 aromatic rings. The van der Waals surface area contributed by atoms with Crippen molar-refractivity contribution in [3.63, 3.8) is 0 Å². The van der Waals surface area contributed by atoms with Crippen LogP contribution in [-0.2, 0) is 0 Å². The number of rotatable bonds is 1. The molecule has 1 aromatic carbocycles. The van der Waals surface area contributed by atoms with Crippen LogP contribution in [-0.4, -0.2) is 23.9 Å². The fourth-order valence-electron chi connectivity index (χ4n) is 2.22. The van der Waals surface area contributed by atoms with Crippen LogP contribution < -0.4 is 5.73 Å². The highest BCUT2D eigenvalue weighted by atomic mass is 19.1. The van der Waals surface area contributed by atoms with Crippen molar-refractivity contribution in [2.75, 3.05) is 18.8 Å². The maximum Gasteiger partial charge on any atom is 0.253 e. The maximum atomic E-state index is 13.3. The molecule has 1 saturated heterocycles. The van der Waals surface area contributed by atoms with Gasteiger partial charge in [-0.1, -0.05) is 6.92 Å². The first-order valence-corrected chi connectivity index (χ1v) is 5.92. The van der Waals surface area contributed by atoms with Crippen LogP contribution in [0.4, 0.5) is 10.1 Å². The topological polar surface area (TPSA) is 46.3 Å². The first kappa shape index (κ1) is 11.9. The van der Waals surface area contributed by atoms with E-state index in [0.29, 0.717) is 11.5 Å². The quantitative estimate of drug-likeness (QED) is 0.760. The molecule has 4 heteroatoms. The summed E-state index contributed by atoms with van der Waals surface area (Å²) in [6.45, 7) is 3.64. The number of carbonyl (C=O) groups excluding carboxylic acids is 1. The van der Waals surface area contributed by atoms with Crippen LogP contribution in [0, 0.1) is 11.7 Å². The molecule has 2 rings (SSSR count). The summed E-state index contributed by atoms with van der Waals surface area (Å²) < 4.78 is 13.3. The molecule has 1 unspecified atom stereocenters. The van der Waals surface area contributed by atoms with Gasteiger partial charge in [-0.05, 0) is 37.0 Å². The molecule has 1 aliphatic heterocycles. The van der Waals surface area contributed by atoms with E-state index in [1.54, 1.807) is 11.0 Å². The van der Waals surface area contributed by atoms with Crippen LogP contribution in [0.25, 0.3) is 0 Å². The van der Waals surface area contributed by atoms with Crippen molar-refractivity contribution in [2.24, 2.45) is 5.92 Å². The summed E-state index contributed by atoms with van der Waals surface area (Å²) in [5, 5.41) is 0. The van der Waals surface area contributed by atoms with Gasteiger partial charge in [0, 0.05) is 18.7 Å². The number of likely N-dealkylation sites (tertiary alicyclic amines) is 1. The third-order valence-corrected chi connectivity index (χ3v) is 3.19. The van der Waals surface area contributed by atoms with E-state index in [2.05, 4.69) is 6.92 Å². The van der Waals surface area contributed by atoms with Crippen LogP contribution in [0.3, 0.4) is 0 Å². The molecular formula is C13H17FN2O. The Kier molecular flexibility index (Phi) is 3.31. The Hall–Kier alpha value is -1.58. The molecule has 1 heterocycles. The van der Waals surface area contributed by atoms with Crippen molar-refractivity contribution in [3.05, 3.63) is 29.6 Å². The van der Waals surface area contributed by atoms with Gasteiger partial charge < -0.3 is 10.6 Å². The molecule has 0 spiro atoms. The van der Waals surface area contributed by atoms with Gasteiger partial charge in [0.15, 0.2) is 0 Å². The van der Waals surface area contributed by atoms with Crippen molar-refractivity contribution in [3.8, 4) is 0 Å². The minimum absolute atomic E-state index is 0.0774. The van der Waals surface area contributed by atoms with Gasteiger partial charge >= 0.3 is 0 Å². The van der Waals surface area contributed by atoms with Crippen molar-refractivity contribution in [1.82, 2.24) is 4.90 Å². The number of hydrogen-bond donors (Lipinski definition) is 1. The second kappa shape index (κ2) is 4.73. The normalized spacial score (nSPS) is 20.4. The summed E-state index contributed by atoms with van der Waals surface area (Å²) in [5.41, 5.74) is 5.85. The third-order valence-electron chi connectivity index (χ3n) is 3.19. The van der Waals surface area contributed by atoms with E-state index in [4.69, 9.17) is 5.73 Å². The molecule has 17 heavy (non-hydrogen) atoms. The van der Waals surface area contributed by atoms with E-state index in [-0.39, 0.29) is 11.6 Å². The third kappa shape index (κ3) is 2.57. The predicted molar refractivity (Wildman–Crippen MR) is 65.1 cm³/mol. The van der Waals surface area contributed by atoms with E-state index in [1.807, 2.05) is 0 Å². The highest BCUT2D eigenvalue weighted by Gasteiger charge is 2.22. The largest absolute Gasteiger partial charge is 0.396 e. The van der Waals surface area contributed by atoms with E-state index >= 15 is 0 Å². The highest BCUT2D eigenvalue weighted by Crippen LogP contribution is 2.19. The smallest absolute Gasteiger partial charge is 0.253 e. The molecule has 92 valence electrons. The number of benzene rings is 1. The molecule has 3 nitrogen and oxygen atoms in total. The highest BCUT2D eigenvalue weighted by molar-refractivity contribution is 5.94. The predicted octanol–water partition coefficient (Wildman–Crippen LogP) is 2.28. The molecule has 1 aliphatic rings. The van der Waals surface area contributed by atoms with Gasteiger partial charge in [0.2, 0.25) is 0 Å². The first-order chi connectivity index (χ1) is 8.08. The summed E-state index contributed by atoms with van der Waals surface area (Å²) >= 11 is 0. The number of halogens is 1. The van der Waals surface area contributed by atoms with E-state index in [1.165, 1.54) is 12.1 Å². The second-order valence-corrected chi connectivity index (χ2v) is 4.73. The fraction of sp³-hybridized carbons (Fsp3) is 0.462. The number of nitrogens with zero attached hydrogens (tertiary/aromatic N) is 1. The lowest BCUT2D eigenvalue weighted by atomic mass is 9.99. The SMILES string of the molecule is CC1CCCN(C(=O)c2ccc(N)c(F)c2)C1. The van der Waals surface area contributed by atoms with Gasteiger partial charge in [-0.3, -0.25) is 4.79 Å².